The molecule has 0 atom stereocenters. The third kappa shape index (κ3) is 6.02. The second-order valence-electron chi connectivity index (χ2n) is 2.33. The second-order valence-corrected chi connectivity index (χ2v) is 3.90. The number of hydrogen-bond acceptors (Lipinski definition) is 2. The van der Waals surface area contributed by atoms with E-state index in [9.17, 15) is 0 Å². The first-order valence-corrected chi connectivity index (χ1v) is 4.63. The zero-order valence-corrected chi connectivity index (χ0v) is 7.83. The number of thioether (sulfide) groups is 1. The average Bonchev–Trinajstić information content (AvgIpc) is 1.85. The fourth-order valence-electron chi connectivity index (χ4n) is 0.505. The largest absolute Gasteiger partial charge is 0.498 e. The van der Waals surface area contributed by atoms with Crippen LogP contribution in [0.15, 0.2) is 12.3 Å². The van der Waals surface area contributed by atoms with Crippen LogP contribution in [0.5, 0.6) is 0 Å². The maximum absolute atomic E-state index is 5.18. The molecule has 0 spiro atoms. The van der Waals surface area contributed by atoms with E-state index in [4.69, 9.17) is 4.74 Å². The van der Waals surface area contributed by atoms with Crippen LogP contribution in [-0.4, -0.2) is 17.6 Å². The predicted octanol–water partition coefficient (Wildman–Crippen LogP) is 2.68. The molecule has 10 heavy (non-hydrogen) atoms. The molecular weight excluding hydrogens is 144 g/mol. The van der Waals surface area contributed by atoms with Crippen molar-refractivity contribution in [3.63, 3.8) is 0 Å². The number of rotatable bonds is 5. The summed E-state index contributed by atoms with van der Waals surface area (Å²) in [7, 11) is 0. The first-order chi connectivity index (χ1) is 4.66. The van der Waals surface area contributed by atoms with Gasteiger partial charge in [0.2, 0.25) is 0 Å². The molecule has 0 saturated carbocycles. The van der Waals surface area contributed by atoms with Gasteiger partial charge in [0.15, 0.2) is 0 Å². The Bertz CT molecular complexity index is 99.4. The monoisotopic (exact) mass is 160 g/mol. The third-order valence-electron chi connectivity index (χ3n) is 0.926. The molecule has 0 aromatic heterocycles. The van der Waals surface area contributed by atoms with E-state index in [1.165, 1.54) is 0 Å². The fraction of sp³-hybridized carbons (Fsp3) is 0.750. The second kappa shape index (κ2) is 5.66. The zero-order chi connectivity index (χ0) is 7.98. The summed E-state index contributed by atoms with van der Waals surface area (Å²) < 4.78 is 5.18. The summed E-state index contributed by atoms with van der Waals surface area (Å²) in [5.41, 5.74) is 0. The summed E-state index contributed by atoms with van der Waals surface area (Å²) in [6, 6.07) is 0. The molecule has 0 radical (unpaired) electrons. The molecule has 0 fully saturated rings. The Balaban J connectivity index is 3.22. The molecule has 0 unspecified atom stereocenters. The van der Waals surface area contributed by atoms with Crippen LogP contribution in [0.4, 0.5) is 0 Å². The molecule has 0 amide bonds. The van der Waals surface area contributed by atoms with Gasteiger partial charge in [-0.05, 0) is 12.2 Å². The molecule has 0 aromatic rings. The van der Waals surface area contributed by atoms with E-state index in [2.05, 4.69) is 20.4 Å². The lowest BCUT2D eigenvalue weighted by Crippen LogP contribution is -1.96. The van der Waals surface area contributed by atoms with Crippen molar-refractivity contribution in [2.45, 2.75) is 26.0 Å². The Morgan fingerprint density at radius 1 is 1.60 bits per heavy atom. The van der Waals surface area contributed by atoms with Crippen molar-refractivity contribution in [2.75, 3.05) is 12.4 Å². The summed E-state index contributed by atoms with van der Waals surface area (Å²) in [6.45, 7) is 10.8. The van der Waals surface area contributed by atoms with Crippen molar-refractivity contribution in [2.24, 2.45) is 0 Å². The first-order valence-electron chi connectivity index (χ1n) is 3.59. The van der Waals surface area contributed by atoms with E-state index < -0.39 is 0 Å². The zero-order valence-electron chi connectivity index (χ0n) is 7.02. The Morgan fingerprint density at radius 3 is 2.60 bits per heavy atom. The van der Waals surface area contributed by atoms with Crippen molar-refractivity contribution < 1.29 is 4.74 Å². The average molecular weight is 160 g/mol. The number of hydrogen-bond donors (Lipinski definition) is 0. The molecule has 2 heteroatoms. The molecule has 1 nitrogen and oxygen atoms in total. The molecule has 0 saturated heterocycles. The van der Waals surface area contributed by atoms with Gasteiger partial charge < -0.3 is 4.74 Å². The highest BCUT2D eigenvalue weighted by atomic mass is 32.2. The highest BCUT2D eigenvalue weighted by Crippen LogP contribution is 2.12. The topological polar surface area (TPSA) is 9.23 Å². The van der Waals surface area contributed by atoms with Crippen LogP contribution in [-0.2, 0) is 4.74 Å². The van der Waals surface area contributed by atoms with Crippen LogP contribution in [0.3, 0.4) is 0 Å². The maximum atomic E-state index is 5.18. The normalized spacial score (nSPS) is 10.0. The van der Waals surface area contributed by atoms with Crippen molar-refractivity contribution in [1.82, 2.24) is 0 Å². The Labute approximate surface area is 67.8 Å². The van der Waals surface area contributed by atoms with Gasteiger partial charge in [0, 0.05) is 0 Å². The molecule has 0 aliphatic carbocycles. The van der Waals surface area contributed by atoms with Crippen LogP contribution in [0.2, 0.25) is 0 Å². The van der Waals surface area contributed by atoms with Crippen LogP contribution < -0.4 is 0 Å². The lowest BCUT2D eigenvalue weighted by Gasteiger charge is -2.07. The van der Waals surface area contributed by atoms with Gasteiger partial charge in [-0.25, -0.2) is 0 Å². The standard InChI is InChI=1S/C8H16OS/c1-5-9-8(4)6-10-7(2)3/h7H,4-6H2,1-3H3. The summed E-state index contributed by atoms with van der Waals surface area (Å²) >= 11 is 1.85. The highest BCUT2D eigenvalue weighted by molar-refractivity contribution is 8.00. The van der Waals surface area contributed by atoms with Gasteiger partial charge in [-0.1, -0.05) is 20.4 Å². The first kappa shape index (κ1) is 9.89. The molecule has 0 aliphatic heterocycles. The van der Waals surface area contributed by atoms with E-state index in [0.717, 1.165) is 18.1 Å². The summed E-state index contributed by atoms with van der Waals surface area (Å²) in [5, 5.41) is 0.664. The van der Waals surface area contributed by atoms with Crippen molar-refractivity contribution >= 4 is 11.8 Å². The van der Waals surface area contributed by atoms with Gasteiger partial charge in [-0.15, -0.1) is 0 Å². The van der Waals surface area contributed by atoms with Gasteiger partial charge in [0.25, 0.3) is 0 Å². The smallest absolute Gasteiger partial charge is 0.0986 e. The van der Waals surface area contributed by atoms with Crippen molar-refractivity contribution in [3.05, 3.63) is 12.3 Å². The Kier molecular flexibility index (Phi) is 5.60. The van der Waals surface area contributed by atoms with Gasteiger partial charge in [-0.3, -0.25) is 0 Å². The van der Waals surface area contributed by atoms with E-state index in [1.54, 1.807) is 0 Å². The van der Waals surface area contributed by atoms with E-state index >= 15 is 0 Å². The molecule has 0 aromatic carbocycles. The molecule has 0 N–H and O–H groups in total. The summed E-state index contributed by atoms with van der Waals surface area (Å²) in [6.07, 6.45) is 0. The minimum absolute atomic E-state index is 0.664. The molecule has 0 aliphatic rings. The predicted molar refractivity (Wildman–Crippen MR) is 48.4 cm³/mol. The SMILES string of the molecule is C=C(CSC(C)C)OCC. The summed E-state index contributed by atoms with van der Waals surface area (Å²) in [5.74, 6) is 1.81. The molecular formula is C8H16OS. The van der Waals surface area contributed by atoms with Crippen molar-refractivity contribution in [3.8, 4) is 0 Å². The molecule has 0 bridgehead atoms. The Morgan fingerprint density at radius 2 is 2.20 bits per heavy atom. The highest BCUT2D eigenvalue weighted by Gasteiger charge is 1.96. The molecule has 0 heterocycles. The minimum Gasteiger partial charge on any atom is -0.498 e. The van der Waals surface area contributed by atoms with Crippen LogP contribution in [0.1, 0.15) is 20.8 Å². The van der Waals surface area contributed by atoms with E-state index in [0.29, 0.717) is 5.25 Å². The van der Waals surface area contributed by atoms with Gasteiger partial charge >= 0.3 is 0 Å². The van der Waals surface area contributed by atoms with Crippen LogP contribution in [0, 0.1) is 0 Å². The molecule has 0 rings (SSSR count). The van der Waals surface area contributed by atoms with Crippen LogP contribution in [0.25, 0.3) is 0 Å². The van der Waals surface area contributed by atoms with Crippen LogP contribution >= 0.6 is 11.8 Å². The third-order valence-corrected chi connectivity index (χ3v) is 2.08. The van der Waals surface area contributed by atoms with E-state index in [-0.39, 0.29) is 0 Å². The summed E-state index contributed by atoms with van der Waals surface area (Å²) in [4.78, 5) is 0. The van der Waals surface area contributed by atoms with Gasteiger partial charge in [0.1, 0.15) is 0 Å². The van der Waals surface area contributed by atoms with Gasteiger partial charge in [0.05, 0.1) is 18.1 Å². The van der Waals surface area contributed by atoms with E-state index in [1.807, 2.05) is 18.7 Å². The Hall–Kier alpha value is -0.110. The fourth-order valence-corrected chi connectivity index (χ4v) is 1.11. The molecule has 60 valence electrons. The number of ether oxygens (including phenoxy) is 1. The van der Waals surface area contributed by atoms with Crippen molar-refractivity contribution in [1.29, 1.82) is 0 Å². The lowest BCUT2D eigenvalue weighted by atomic mass is 10.6. The lowest BCUT2D eigenvalue weighted by molar-refractivity contribution is 0.235. The minimum atomic E-state index is 0.664. The van der Waals surface area contributed by atoms with Gasteiger partial charge in [-0.2, -0.15) is 11.8 Å². The maximum Gasteiger partial charge on any atom is 0.0986 e. The quantitative estimate of drug-likeness (QED) is 0.572.